The van der Waals surface area contributed by atoms with Crippen molar-refractivity contribution in [3.63, 3.8) is 0 Å². The second kappa shape index (κ2) is 5.69. The van der Waals surface area contributed by atoms with Gasteiger partial charge in [-0.3, -0.25) is 0 Å². The summed E-state index contributed by atoms with van der Waals surface area (Å²) in [6, 6.07) is 6.97. The highest BCUT2D eigenvalue weighted by Crippen LogP contribution is 2.45. The van der Waals surface area contributed by atoms with Crippen molar-refractivity contribution in [1.29, 1.82) is 0 Å². The lowest BCUT2D eigenvalue weighted by atomic mass is 9.72. The Hall–Kier alpha value is -1.36. The Morgan fingerprint density at radius 2 is 1.73 bits per heavy atom. The fraction of sp³-hybridized carbons (Fsp3) is 0.647. The third-order valence-electron chi connectivity index (χ3n) is 5.15. The zero-order valence-corrected chi connectivity index (χ0v) is 13.1. The lowest BCUT2D eigenvalue weighted by Crippen LogP contribution is -2.38. The molecule has 1 saturated heterocycles. The van der Waals surface area contributed by atoms with Crippen LogP contribution in [0.25, 0.3) is 0 Å². The maximum Gasteiger partial charge on any atom is 0.586 e. The number of para-hydroxylation sites is 2. The van der Waals surface area contributed by atoms with Gasteiger partial charge in [0.1, 0.15) is 0 Å². The molecule has 0 spiro atoms. The molecule has 0 radical (unpaired) electrons. The predicted octanol–water partition coefficient (Wildman–Crippen LogP) is 4.28. The highest BCUT2D eigenvalue weighted by Gasteiger charge is 2.43. The van der Waals surface area contributed by atoms with E-state index in [2.05, 4.69) is 28.3 Å². The fourth-order valence-corrected chi connectivity index (χ4v) is 3.91. The molecule has 1 aliphatic carbocycles. The van der Waals surface area contributed by atoms with Gasteiger partial charge in [0, 0.05) is 6.04 Å². The molecule has 3 aliphatic rings. The highest BCUT2D eigenvalue weighted by atomic mass is 19.3. The van der Waals surface area contributed by atoms with Crippen LogP contribution in [0.15, 0.2) is 24.3 Å². The van der Waals surface area contributed by atoms with E-state index in [0.29, 0.717) is 5.41 Å². The van der Waals surface area contributed by atoms with Crippen molar-refractivity contribution in [2.24, 2.45) is 5.41 Å². The highest BCUT2D eigenvalue weighted by molar-refractivity contribution is 5.41. The van der Waals surface area contributed by atoms with Gasteiger partial charge < -0.3 is 14.4 Å². The molecule has 4 rings (SSSR count). The Morgan fingerprint density at radius 3 is 2.32 bits per heavy atom. The van der Waals surface area contributed by atoms with Crippen molar-refractivity contribution >= 4 is 0 Å². The van der Waals surface area contributed by atoms with Gasteiger partial charge in [0.05, 0.1) is 0 Å². The molecule has 22 heavy (non-hydrogen) atoms. The number of likely N-dealkylation sites (tertiary alicyclic amines) is 1. The van der Waals surface area contributed by atoms with Gasteiger partial charge in [0.15, 0.2) is 11.5 Å². The summed E-state index contributed by atoms with van der Waals surface area (Å²) in [6.45, 7) is 3.82. The van der Waals surface area contributed by atoms with Crippen LogP contribution in [0.4, 0.5) is 8.78 Å². The van der Waals surface area contributed by atoms with Crippen molar-refractivity contribution in [2.75, 3.05) is 13.6 Å². The predicted molar refractivity (Wildman–Crippen MR) is 80.3 cm³/mol. The van der Waals surface area contributed by atoms with Gasteiger partial charge >= 0.3 is 6.29 Å². The van der Waals surface area contributed by atoms with E-state index in [-0.39, 0.29) is 11.5 Å². The number of rotatable bonds is 0. The summed E-state index contributed by atoms with van der Waals surface area (Å²) in [5.74, 6) is 0.162. The first-order chi connectivity index (χ1) is 10.4. The smallest absolute Gasteiger partial charge is 0.395 e. The molecule has 1 unspecified atom stereocenters. The second-order valence-electron chi connectivity index (χ2n) is 6.76. The van der Waals surface area contributed by atoms with Crippen molar-refractivity contribution in [3.8, 4) is 11.5 Å². The lowest BCUT2D eigenvalue weighted by molar-refractivity contribution is -0.286. The summed E-state index contributed by atoms with van der Waals surface area (Å²) in [5, 5.41) is 0. The van der Waals surface area contributed by atoms with Crippen LogP contribution in [0.5, 0.6) is 11.5 Å². The number of fused-ring (bicyclic) bond motifs is 2. The molecular formula is C17H23F2NO2. The Balaban J connectivity index is 0.000000131. The van der Waals surface area contributed by atoms with Crippen LogP contribution in [0, 0.1) is 5.41 Å². The van der Waals surface area contributed by atoms with E-state index < -0.39 is 6.29 Å². The van der Waals surface area contributed by atoms with E-state index in [0.717, 1.165) is 6.04 Å². The van der Waals surface area contributed by atoms with Crippen molar-refractivity contribution in [3.05, 3.63) is 24.3 Å². The second-order valence-corrected chi connectivity index (χ2v) is 6.76. The molecule has 2 heterocycles. The summed E-state index contributed by atoms with van der Waals surface area (Å²) in [6.07, 6.45) is 3.80. The van der Waals surface area contributed by atoms with Crippen LogP contribution >= 0.6 is 0 Å². The first kappa shape index (κ1) is 15.5. The number of hydrogen-bond donors (Lipinski definition) is 0. The molecule has 2 atom stereocenters. The van der Waals surface area contributed by atoms with Gasteiger partial charge in [0.25, 0.3) is 0 Å². The van der Waals surface area contributed by atoms with E-state index in [1.54, 1.807) is 12.1 Å². The van der Waals surface area contributed by atoms with Crippen molar-refractivity contribution in [1.82, 2.24) is 4.90 Å². The SMILES string of the molecule is CN1CC[C@]2(C)CCCCC12.FC1(F)Oc2ccccc2O1. The van der Waals surface area contributed by atoms with Gasteiger partial charge in [-0.1, -0.05) is 31.9 Å². The molecule has 1 aromatic rings. The summed E-state index contributed by atoms with van der Waals surface area (Å²) in [4.78, 5) is 2.57. The Labute approximate surface area is 130 Å². The number of alkyl halides is 2. The number of nitrogens with zero attached hydrogens (tertiary/aromatic N) is 1. The average molecular weight is 311 g/mol. The molecule has 0 aromatic heterocycles. The van der Waals surface area contributed by atoms with E-state index in [1.165, 1.54) is 50.8 Å². The Morgan fingerprint density at radius 1 is 1.09 bits per heavy atom. The third kappa shape index (κ3) is 3.05. The van der Waals surface area contributed by atoms with Gasteiger partial charge in [0.2, 0.25) is 0 Å². The Bertz CT molecular complexity index is 506. The fourth-order valence-electron chi connectivity index (χ4n) is 3.91. The molecule has 122 valence electrons. The molecule has 1 saturated carbocycles. The standard InChI is InChI=1S/C10H19N.C7H4F2O2/c1-10-6-4-3-5-9(10)11(2)8-7-10;8-7(9)10-5-3-1-2-4-6(5)11-7/h9H,3-8H2,1-2H3;1-4H/t9?,10-;/m0./s1. The van der Waals surface area contributed by atoms with Crippen molar-refractivity contribution in [2.45, 2.75) is 51.4 Å². The van der Waals surface area contributed by atoms with E-state index in [4.69, 9.17) is 0 Å². The normalized spacial score (nSPS) is 32.1. The molecule has 0 bridgehead atoms. The number of ether oxygens (including phenoxy) is 2. The Kier molecular flexibility index (Phi) is 4.02. The summed E-state index contributed by atoms with van der Waals surface area (Å²) < 4.78 is 32.9. The summed E-state index contributed by atoms with van der Waals surface area (Å²) in [7, 11) is 2.29. The summed E-state index contributed by atoms with van der Waals surface area (Å²) >= 11 is 0. The van der Waals surface area contributed by atoms with Crippen LogP contribution in [-0.2, 0) is 0 Å². The van der Waals surface area contributed by atoms with Gasteiger partial charge in [-0.05, 0) is 50.4 Å². The van der Waals surface area contributed by atoms with E-state index >= 15 is 0 Å². The topological polar surface area (TPSA) is 21.7 Å². The molecule has 0 N–H and O–H groups in total. The minimum Gasteiger partial charge on any atom is -0.395 e. The van der Waals surface area contributed by atoms with Crippen LogP contribution in [0.2, 0.25) is 0 Å². The first-order valence-electron chi connectivity index (χ1n) is 7.95. The summed E-state index contributed by atoms with van der Waals surface area (Å²) in [5.41, 5.74) is 0.688. The number of halogens is 2. The largest absolute Gasteiger partial charge is 0.586 e. The quantitative estimate of drug-likeness (QED) is 0.714. The molecule has 3 nitrogen and oxygen atoms in total. The van der Waals surface area contributed by atoms with E-state index in [1.807, 2.05) is 0 Å². The number of benzene rings is 1. The zero-order valence-electron chi connectivity index (χ0n) is 13.1. The molecule has 1 aromatic carbocycles. The molecule has 0 amide bonds. The van der Waals surface area contributed by atoms with Crippen LogP contribution < -0.4 is 9.47 Å². The minimum atomic E-state index is -3.50. The van der Waals surface area contributed by atoms with Crippen LogP contribution in [0.3, 0.4) is 0 Å². The van der Waals surface area contributed by atoms with Crippen LogP contribution in [0.1, 0.15) is 39.0 Å². The minimum absolute atomic E-state index is 0.0810. The van der Waals surface area contributed by atoms with E-state index in [9.17, 15) is 8.78 Å². The van der Waals surface area contributed by atoms with Gasteiger partial charge in [-0.2, -0.15) is 0 Å². The molecule has 5 heteroatoms. The lowest BCUT2D eigenvalue weighted by Gasteiger charge is -2.38. The maximum atomic E-state index is 12.3. The number of hydrogen-bond acceptors (Lipinski definition) is 3. The first-order valence-corrected chi connectivity index (χ1v) is 7.95. The molecule has 2 fully saturated rings. The van der Waals surface area contributed by atoms with Crippen molar-refractivity contribution < 1.29 is 18.3 Å². The van der Waals surface area contributed by atoms with Crippen LogP contribution in [-0.4, -0.2) is 30.8 Å². The molecule has 2 aliphatic heterocycles. The third-order valence-corrected chi connectivity index (χ3v) is 5.15. The van der Waals surface area contributed by atoms with Gasteiger partial charge in [-0.15, -0.1) is 8.78 Å². The average Bonchev–Trinajstić information content (AvgIpc) is 2.95. The maximum absolute atomic E-state index is 12.3. The monoisotopic (exact) mass is 311 g/mol. The van der Waals surface area contributed by atoms with Gasteiger partial charge in [-0.25, -0.2) is 0 Å². The molecular weight excluding hydrogens is 288 g/mol. The zero-order chi connectivity index (χ0) is 15.8.